The minimum atomic E-state index is 0.0802. The van der Waals surface area contributed by atoms with Gasteiger partial charge in [-0.2, -0.15) is 5.26 Å². The molecule has 5 heteroatoms. The zero-order valence-electron chi connectivity index (χ0n) is 12.8. The monoisotopic (exact) mass is 300 g/mol. The first-order valence-electron chi connectivity index (χ1n) is 6.82. The van der Waals surface area contributed by atoms with E-state index in [0.717, 1.165) is 23.1 Å². The van der Waals surface area contributed by atoms with Crippen LogP contribution < -0.4 is 10.2 Å². The van der Waals surface area contributed by atoms with Crippen molar-refractivity contribution in [2.24, 2.45) is 0 Å². The Labute approximate surface area is 130 Å². The predicted octanol–water partition coefficient (Wildman–Crippen LogP) is 3.67. The van der Waals surface area contributed by atoms with Crippen LogP contribution in [0.15, 0.2) is 29.6 Å². The van der Waals surface area contributed by atoms with Gasteiger partial charge in [0.25, 0.3) is 0 Å². The van der Waals surface area contributed by atoms with E-state index in [1.54, 1.807) is 17.4 Å². The summed E-state index contributed by atoms with van der Waals surface area (Å²) in [4.78, 5) is 6.65. The maximum atomic E-state index is 8.97. The van der Waals surface area contributed by atoms with Crippen molar-refractivity contribution in [2.45, 2.75) is 32.9 Å². The molecule has 1 aromatic carbocycles. The Morgan fingerprint density at radius 3 is 2.81 bits per heavy atom. The van der Waals surface area contributed by atoms with E-state index in [4.69, 9.17) is 5.26 Å². The lowest BCUT2D eigenvalue weighted by atomic mass is 10.1. The van der Waals surface area contributed by atoms with E-state index in [9.17, 15) is 0 Å². The Bertz CT molecular complexity index is 649. The maximum absolute atomic E-state index is 8.97. The molecule has 0 aliphatic rings. The molecule has 4 nitrogen and oxygen atoms in total. The Morgan fingerprint density at radius 2 is 2.14 bits per heavy atom. The molecule has 0 bridgehead atoms. The summed E-state index contributed by atoms with van der Waals surface area (Å²) in [5.41, 5.74) is 2.74. The fourth-order valence-corrected chi connectivity index (χ4v) is 2.59. The number of anilines is 2. The summed E-state index contributed by atoms with van der Waals surface area (Å²) in [6, 6.07) is 9.71. The molecule has 0 spiro atoms. The van der Waals surface area contributed by atoms with Crippen molar-refractivity contribution in [1.82, 2.24) is 10.3 Å². The second kappa shape index (κ2) is 6.25. The van der Waals surface area contributed by atoms with Gasteiger partial charge in [0.1, 0.15) is 0 Å². The predicted molar refractivity (Wildman–Crippen MR) is 87.9 cm³/mol. The number of aromatic nitrogens is 1. The molecule has 0 saturated heterocycles. The Balaban J connectivity index is 2.11. The van der Waals surface area contributed by atoms with E-state index in [0.29, 0.717) is 5.56 Å². The number of nitrogens with zero attached hydrogens (tertiary/aromatic N) is 3. The molecule has 0 saturated carbocycles. The lowest BCUT2D eigenvalue weighted by molar-refractivity contribution is 0.422. The first kappa shape index (κ1) is 15.5. The van der Waals surface area contributed by atoms with Crippen molar-refractivity contribution < 1.29 is 0 Å². The zero-order valence-corrected chi connectivity index (χ0v) is 13.7. The molecule has 0 amide bonds. The van der Waals surface area contributed by atoms with Crippen LogP contribution in [0.2, 0.25) is 0 Å². The second-order valence-electron chi connectivity index (χ2n) is 5.95. The second-order valence-corrected chi connectivity index (χ2v) is 6.78. The van der Waals surface area contributed by atoms with Crippen LogP contribution in [0, 0.1) is 11.3 Å². The molecule has 0 aliphatic heterocycles. The molecule has 21 heavy (non-hydrogen) atoms. The number of thiazole rings is 1. The highest BCUT2D eigenvalue weighted by Crippen LogP contribution is 2.27. The molecule has 1 heterocycles. The van der Waals surface area contributed by atoms with Crippen molar-refractivity contribution in [3.63, 3.8) is 0 Å². The van der Waals surface area contributed by atoms with Crippen LogP contribution in [0.3, 0.4) is 0 Å². The van der Waals surface area contributed by atoms with Gasteiger partial charge in [0.05, 0.1) is 17.3 Å². The van der Waals surface area contributed by atoms with Crippen molar-refractivity contribution in [3.05, 3.63) is 40.9 Å². The van der Waals surface area contributed by atoms with Crippen molar-refractivity contribution in [2.75, 3.05) is 11.9 Å². The first-order chi connectivity index (χ1) is 9.89. The summed E-state index contributed by atoms with van der Waals surface area (Å²) in [5.74, 6) is 0. The zero-order chi connectivity index (χ0) is 15.5. The van der Waals surface area contributed by atoms with Crippen LogP contribution in [0.25, 0.3) is 0 Å². The fourth-order valence-electron chi connectivity index (χ4n) is 1.78. The van der Waals surface area contributed by atoms with E-state index < -0.39 is 0 Å². The fraction of sp³-hybridized carbons (Fsp3) is 0.375. The highest BCUT2D eigenvalue weighted by Gasteiger charge is 2.12. The molecule has 0 radical (unpaired) electrons. The van der Waals surface area contributed by atoms with Gasteiger partial charge >= 0.3 is 0 Å². The van der Waals surface area contributed by atoms with Gasteiger partial charge in [0.15, 0.2) is 5.13 Å². The third-order valence-electron chi connectivity index (χ3n) is 2.99. The van der Waals surface area contributed by atoms with Crippen LogP contribution in [0.5, 0.6) is 0 Å². The van der Waals surface area contributed by atoms with Crippen LogP contribution in [-0.4, -0.2) is 17.6 Å². The lowest BCUT2D eigenvalue weighted by Gasteiger charge is -2.19. The van der Waals surface area contributed by atoms with Gasteiger partial charge in [0, 0.05) is 30.2 Å². The molecule has 2 aromatic rings. The van der Waals surface area contributed by atoms with Gasteiger partial charge in [-0.1, -0.05) is 6.07 Å². The number of nitrogens with one attached hydrogen (secondary N) is 1. The molecule has 0 unspecified atom stereocenters. The van der Waals surface area contributed by atoms with E-state index in [1.807, 2.05) is 30.1 Å². The molecular weight excluding hydrogens is 280 g/mol. The highest BCUT2D eigenvalue weighted by molar-refractivity contribution is 7.13. The van der Waals surface area contributed by atoms with Crippen molar-refractivity contribution in [1.29, 1.82) is 5.26 Å². The van der Waals surface area contributed by atoms with Crippen LogP contribution in [0.1, 0.15) is 32.0 Å². The summed E-state index contributed by atoms with van der Waals surface area (Å²) < 4.78 is 0. The highest BCUT2D eigenvalue weighted by atomic mass is 32.1. The quantitative estimate of drug-likeness (QED) is 0.936. The SMILES string of the molecule is CN(c1cccc(C#N)c1)c1nc(CNC(C)(C)C)cs1. The summed E-state index contributed by atoms with van der Waals surface area (Å²) in [7, 11) is 1.97. The summed E-state index contributed by atoms with van der Waals surface area (Å²) in [6.45, 7) is 7.17. The number of nitriles is 1. The van der Waals surface area contributed by atoms with Crippen LogP contribution in [-0.2, 0) is 6.54 Å². The van der Waals surface area contributed by atoms with Gasteiger partial charge in [-0.15, -0.1) is 11.3 Å². The Hall–Kier alpha value is -1.90. The molecule has 110 valence electrons. The number of rotatable bonds is 4. The Kier molecular flexibility index (Phi) is 4.61. The molecular formula is C16H20N4S. The van der Waals surface area contributed by atoms with E-state index in [2.05, 4.69) is 42.5 Å². The molecule has 0 fully saturated rings. The lowest BCUT2D eigenvalue weighted by Crippen LogP contribution is -2.35. The van der Waals surface area contributed by atoms with Crippen LogP contribution >= 0.6 is 11.3 Å². The minimum absolute atomic E-state index is 0.0802. The standard InChI is InChI=1S/C16H20N4S/c1-16(2,3)18-10-13-11-21-15(19-13)20(4)14-7-5-6-12(8-14)9-17/h5-8,11,18H,10H2,1-4H3. The minimum Gasteiger partial charge on any atom is -0.321 e. The average molecular weight is 300 g/mol. The van der Waals surface area contributed by atoms with Gasteiger partial charge in [0.2, 0.25) is 0 Å². The summed E-state index contributed by atoms with van der Waals surface area (Å²) in [5, 5.41) is 15.4. The Morgan fingerprint density at radius 1 is 1.38 bits per heavy atom. The normalized spacial score (nSPS) is 11.2. The van der Waals surface area contributed by atoms with Crippen LogP contribution in [0.4, 0.5) is 10.8 Å². The number of hydrogen-bond acceptors (Lipinski definition) is 5. The van der Waals surface area contributed by atoms with Crippen molar-refractivity contribution >= 4 is 22.2 Å². The molecule has 1 aromatic heterocycles. The molecule has 2 rings (SSSR count). The van der Waals surface area contributed by atoms with Gasteiger partial charge < -0.3 is 10.2 Å². The average Bonchev–Trinajstić information content (AvgIpc) is 2.92. The molecule has 0 aliphatic carbocycles. The van der Waals surface area contributed by atoms with E-state index in [-0.39, 0.29) is 5.54 Å². The summed E-state index contributed by atoms with van der Waals surface area (Å²) >= 11 is 1.61. The van der Waals surface area contributed by atoms with Gasteiger partial charge in [-0.25, -0.2) is 4.98 Å². The largest absolute Gasteiger partial charge is 0.321 e. The topological polar surface area (TPSA) is 52.0 Å². The summed E-state index contributed by atoms with van der Waals surface area (Å²) in [6.07, 6.45) is 0. The third kappa shape index (κ3) is 4.28. The first-order valence-corrected chi connectivity index (χ1v) is 7.70. The van der Waals surface area contributed by atoms with E-state index in [1.165, 1.54) is 0 Å². The number of hydrogen-bond donors (Lipinski definition) is 1. The van der Waals surface area contributed by atoms with Crippen molar-refractivity contribution in [3.8, 4) is 6.07 Å². The van der Waals surface area contributed by atoms with Gasteiger partial charge in [-0.3, -0.25) is 0 Å². The maximum Gasteiger partial charge on any atom is 0.189 e. The number of benzene rings is 1. The molecule has 0 atom stereocenters. The molecule has 1 N–H and O–H groups in total. The van der Waals surface area contributed by atoms with Gasteiger partial charge in [-0.05, 0) is 39.0 Å². The third-order valence-corrected chi connectivity index (χ3v) is 3.95. The van der Waals surface area contributed by atoms with E-state index >= 15 is 0 Å². The smallest absolute Gasteiger partial charge is 0.189 e.